The van der Waals surface area contributed by atoms with Crippen molar-refractivity contribution in [2.45, 2.75) is 18.5 Å². The smallest absolute Gasteiger partial charge is 0.287 e. The number of fused-ring (bicyclic) bond motifs is 2. The summed E-state index contributed by atoms with van der Waals surface area (Å²) < 4.78 is 32.6. The number of nitrogens with one attached hydrogen (secondary N) is 2. The molecule has 0 unspecified atom stereocenters. The summed E-state index contributed by atoms with van der Waals surface area (Å²) >= 11 is 0. The summed E-state index contributed by atoms with van der Waals surface area (Å²) in [7, 11) is 0. The maximum atomic E-state index is 14.3. The van der Waals surface area contributed by atoms with Gasteiger partial charge in [-0.3, -0.25) is 14.4 Å². The molecule has 2 aliphatic rings. The van der Waals surface area contributed by atoms with Crippen LogP contribution in [0.1, 0.15) is 27.3 Å². The molecule has 0 spiro atoms. The summed E-state index contributed by atoms with van der Waals surface area (Å²) in [5, 5.41) is 5.52. The minimum absolute atomic E-state index is 0.137. The van der Waals surface area contributed by atoms with E-state index in [1.807, 2.05) is 0 Å². The molecule has 1 aromatic heterocycles. The molecule has 5 rings (SSSR count). The van der Waals surface area contributed by atoms with E-state index in [1.165, 1.54) is 35.4 Å². The van der Waals surface area contributed by atoms with Crippen LogP contribution in [0.2, 0.25) is 0 Å². The summed E-state index contributed by atoms with van der Waals surface area (Å²) in [5.41, 5.74) is 1.03. The number of hydrogen-bond acceptors (Lipinski definition) is 4. The third-order valence-corrected chi connectivity index (χ3v) is 5.69. The van der Waals surface area contributed by atoms with Crippen molar-refractivity contribution in [2.24, 2.45) is 0 Å². The number of halogens is 2. The largest absolute Gasteiger partial charge is 0.459 e. The van der Waals surface area contributed by atoms with E-state index in [0.717, 1.165) is 12.1 Å². The normalized spacial score (nSPS) is 19.8. The van der Waals surface area contributed by atoms with E-state index < -0.39 is 35.5 Å². The Hall–Kier alpha value is -4.01. The van der Waals surface area contributed by atoms with E-state index in [9.17, 15) is 23.2 Å². The monoisotopic (exact) mass is 437 g/mol. The minimum atomic E-state index is -0.761. The molecule has 2 atom stereocenters. The Morgan fingerprint density at radius 2 is 1.94 bits per heavy atom. The first kappa shape index (κ1) is 19.9. The third kappa shape index (κ3) is 3.41. The lowest BCUT2D eigenvalue weighted by Crippen LogP contribution is -2.41. The maximum absolute atomic E-state index is 14.3. The van der Waals surface area contributed by atoms with Gasteiger partial charge < -0.3 is 20.0 Å². The van der Waals surface area contributed by atoms with Gasteiger partial charge in [-0.2, -0.15) is 0 Å². The van der Waals surface area contributed by atoms with E-state index in [-0.39, 0.29) is 35.8 Å². The van der Waals surface area contributed by atoms with Gasteiger partial charge in [0.25, 0.3) is 11.8 Å². The predicted octanol–water partition coefficient (Wildman–Crippen LogP) is 3.19. The molecule has 1 fully saturated rings. The molecule has 1 saturated heterocycles. The lowest BCUT2D eigenvalue weighted by Gasteiger charge is -2.20. The molecule has 3 heterocycles. The standard InChI is InChI=1S/C23H17F2N3O4/c24-13-4-5-15(17(25)9-13)12-3-6-18-16(8-12)23(31)28-11-14(10-19(28)21(29)27-18)26-22(30)20-2-1-7-32-20/h1-9,14,19H,10-11H2,(H,26,30)(H,27,29)/t14-,19-/m0/s1. The zero-order valence-corrected chi connectivity index (χ0v) is 16.6. The highest BCUT2D eigenvalue weighted by atomic mass is 19.1. The van der Waals surface area contributed by atoms with Crippen molar-refractivity contribution in [2.75, 3.05) is 11.9 Å². The highest BCUT2D eigenvalue weighted by Gasteiger charge is 2.43. The Morgan fingerprint density at radius 3 is 2.69 bits per heavy atom. The van der Waals surface area contributed by atoms with Crippen LogP contribution in [0.15, 0.2) is 59.2 Å². The number of anilines is 1. The quantitative estimate of drug-likeness (QED) is 0.659. The number of furan rings is 1. The number of carbonyl (C=O) groups is 3. The molecule has 0 bridgehead atoms. The van der Waals surface area contributed by atoms with E-state index >= 15 is 0 Å². The molecule has 0 radical (unpaired) electrons. The molecular formula is C23H17F2N3O4. The van der Waals surface area contributed by atoms with Crippen molar-refractivity contribution < 1.29 is 27.6 Å². The van der Waals surface area contributed by atoms with Gasteiger partial charge in [0.05, 0.1) is 17.5 Å². The Kier molecular flexibility index (Phi) is 4.73. The third-order valence-electron chi connectivity index (χ3n) is 5.69. The second kappa shape index (κ2) is 7.60. The van der Waals surface area contributed by atoms with Crippen LogP contribution in [0.5, 0.6) is 0 Å². The van der Waals surface area contributed by atoms with E-state index in [4.69, 9.17) is 4.42 Å². The van der Waals surface area contributed by atoms with Crippen LogP contribution in [0.25, 0.3) is 11.1 Å². The van der Waals surface area contributed by atoms with Crippen molar-refractivity contribution in [3.63, 3.8) is 0 Å². The average molecular weight is 437 g/mol. The molecular weight excluding hydrogens is 420 g/mol. The van der Waals surface area contributed by atoms with Gasteiger partial charge in [-0.25, -0.2) is 8.78 Å². The number of carbonyl (C=O) groups excluding carboxylic acids is 3. The van der Waals surface area contributed by atoms with E-state index in [1.54, 1.807) is 12.1 Å². The van der Waals surface area contributed by atoms with Crippen LogP contribution < -0.4 is 10.6 Å². The number of rotatable bonds is 3. The fraction of sp³-hybridized carbons (Fsp3) is 0.174. The molecule has 7 nitrogen and oxygen atoms in total. The lowest BCUT2D eigenvalue weighted by atomic mass is 10.0. The minimum Gasteiger partial charge on any atom is -0.459 e. The van der Waals surface area contributed by atoms with Gasteiger partial charge in [0, 0.05) is 24.2 Å². The highest BCUT2D eigenvalue weighted by molar-refractivity contribution is 6.11. The summed E-state index contributed by atoms with van der Waals surface area (Å²) in [6.45, 7) is 0.137. The van der Waals surface area contributed by atoms with Crippen molar-refractivity contribution in [3.05, 3.63) is 77.8 Å². The second-order valence-electron chi connectivity index (χ2n) is 7.73. The molecule has 9 heteroatoms. The van der Waals surface area contributed by atoms with Crippen molar-refractivity contribution in [1.29, 1.82) is 0 Å². The average Bonchev–Trinajstić information content (AvgIpc) is 3.42. The topological polar surface area (TPSA) is 91.7 Å². The molecule has 3 amide bonds. The summed E-state index contributed by atoms with van der Waals surface area (Å²) in [4.78, 5) is 39.8. The molecule has 3 aromatic rings. The van der Waals surface area contributed by atoms with Crippen molar-refractivity contribution in [3.8, 4) is 11.1 Å². The molecule has 2 aliphatic heterocycles. The first-order valence-corrected chi connectivity index (χ1v) is 9.96. The Morgan fingerprint density at radius 1 is 1.09 bits per heavy atom. The number of hydrogen-bond donors (Lipinski definition) is 2. The van der Waals surface area contributed by atoms with Gasteiger partial charge in [-0.15, -0.1) is 0 Å². The Bertz CT molecular complexity index is 1240. The summed E-state index contributed by atoms with van der Waals surface area (Å²) in [5.74, 6) is -2.53. The first-order valence-electron chi connectivity index (χ1n) is 9.96. The number of benzene rings is 2. The van der Waals surface area contributed by atoms with Crippen LogP contribution >= 0.6 is 0 Å². The molecule has 2 aromatic carbocycles. The number of amides is 3. The van der Waals surface area contributed by atoms with Crippen LogP contribution in [-0.4, -0.2) is 41.2 Å². The van der Waals surface area contributed by atoms with Gasteiger partial charge in [-0.05, 0) is 48.4 Å². The predicted molar refractivity (Wildman–Crippen MR) is 110 cm³/mol. The van der Waals surface area contributed by atoms with E-state index in [0.29, 0.717) is 11.3 Å². The fourth-order valence-corrected chi connectivity index (χ4v) is 4.17. The van der Waals surface area contributed by atoms with Gasteiger partial charge in [0.1, 0.15) is 17.7 Å². The maximum Gasteiger partial charge on any atom is 0.287 e. The van der Waals surface area contributed by atoms with Crippen LogP contribution in [0.3, 0.4) is 0 Å². The van der Waals surface area contributed by atoms with Crippen molar-refractivity contribution >= 4 is 23.4 Å². The number of nitrogens with zero attached hydrogens (tertiary/aromatic N) is 1. The molecule has 162 valence electrons. The Balaban J connectivity index is 1.43. The summed E-state index contributed by atoms with van der Waals surface area (Å²) in [6, 6.07) is 9.68. The lowest BCUT2D eigenvalue weighted by molar-refractivity contribution is -0.119. The van der Waals surface area contributed by atoms with E-state index in [2.05, 4.69) is 10.6 Å². The summed E-state index contributed by atoms with van der Waals surface area (Å²) in [6.07, 6.45) is 1.63. The molecule has 2 N–H and O–H groups in total. The fourth-order valence-electron chi connectivity index (χ4n) is 4.17. The van der Waals surface area contributed by atoms with Crippen molar-refractivity contribution in [1.82, 2.24) is 10.2 Å². The zero-order valence-electron chi connectivity index (χ0n) is 16.6. The van der Waals surface area contributed by atoms with Gasteiger partial charge in [0.15, 0.2) is 5.76 Å². The van der Waals surface area contributed by atoms with Crippen LogP contribution in [-0.2, 0) is 4.79 Å². The Labute approximate surface area is 181 Å². The van der Waals surface area contributed by atoms with Gasteiger partial charge >= 0.3 is 0 Å². The molecule has 0 saturated carbocycles. The van der Waals surface area contributed by atoms with Gasteiger partial charge in [0.2, 0.25) is 5.91 Å². The molecule has 32 heavy (non-hydrogen) atoms. The molecule has 0 aliphatic carbocycles. The SMILES string of the molecule is O=C(N[C@H]1C[C@H]2C(=O)Nc3ccc(-c4ccc(F)cc4F)cc3C(=O)N2C1)c1ccco1. The first-order chi connectivity index (χ1) is 15.4. The zero-order chi connectivity index (χ0) is 22.4. The highest BCUT2D eigenvalue weighted by Crippen LogP contribution is 2.33. The van der Waals surface area contributed by atoms with Crippen LogP contribution in [0, 0.1) is 11.6 Å². The second-order valence-corrected chi connectivity index (χ2v) is 7.73. The van der Waals surface area contributed by atoms with Gasteiger partial charge in [-0.1, -0.05) is 6.07 Å². The van der Waals surface area contributed by atoms with Crippen LogP contribution in [0.4, 0.5) is 14.5 Å².